The standard InChI is InChI=1S/C26H19F3N2O3/c27-26(28,29)18-8-5-7-17(14-18)23(32)30-13-12-16-6-1-2-9-19(16)22(30)15-31-24(33)20-10-3-4-11-21(20)25(31)34/h1-11,14,22H,12-13,15H2. The lowest BCUT2D eigenvalue weighted by atomic mass is 9.91. The number of imide groups is 1. The average Bonchev–Trinajstić information content (AvgIpc) is 3.08. The third-order valence-corrected chi connectivity index (χ3v) is 6.34. The number of alkyl halides is 3. The molecule has 0 radical (unpaired) electrons. The molecule has 2 aliphatic heterocycles. The fourth-order valence-corrected chi connectivity index (χ4v) is 4.66. The smallest absolute Gasteiger partial charge is 0.329 e. The van der Waals surface area contributed by atoms with Crippen LogP contribution in [0, 0.1) is 0 Å². The zero-order valence-corrected chi connectivity index (χ0v) is 17.9. The van der Waals surface area contributed by atoms with Gasteiger partial charge in [0, 0.05) is 12.1 Å². The molecule has 0 aliphatic carbocycles. The molecule has 3 amide bonds. The van der Waals surface area contributed by atoms with Gasteiger partial charge in [-0.1, -0.05) is 42.5 Å². The van der Waals surface area contributed by atoms with Gasteiger partial charge in [-0.05, 0) is 47.9 Å². The average molecular weight is 464 g/mol. The molecular weight excluding hydrogens is 445 g/mol. The molecule has 0 saturated heterocycles. The van der Waals surface area contributed by atoms with Gasteiger partial charge in [0.1, 0.15) is 0 Å². The summed E-state index contributed by atoms with van der Waals surface area (Å²) in [4.78, 5) is 41.9. The van der Waals surface area contributed by atoms with Crippen molar-refractivity contribution < 1.29 is 27.6 Å². The molecule has 0 spiro atoms. The van der Waals surface area contributed by atoms with Gasteiger partial charge in [0.05, 0.1) is 29.3 Å². The lowest BCUT2D eigenvalue weighted by Gasteiger charge is -2.39. The summed E-state index contributed by atoms with van der Waals surface area (Å²) in [6.45, 7) is 0.161. The highest BCUT2D eigenvalue weighted by Gasteiger charge is 2.40. The van der Waals surface area contributed by atoms with Crippen molar-refractivity contribution in [1.29, 1.82) is 0 Å². The highest BCUT2D eigenvalue weighted by molar-refractivity contribution is 6.21. The number of benzene rings is 3. The van der Waals surface area contributed by atoms with E-state index in [4.69, 9.17) is 0 Å². The Kier molecular flexibility index (Phi) is 5.23. The van der Waals surface area contributed by atoms with Gasteiger partial charge < -0.3 is 4.90 Å². The van der Waals surface area contributed by atoms with E-state index in [1.165, 1.54) is 17.0 Å². The fourth-order valence-electron chi connectivity index (χ4n) is 4.66. The molecular formula is C26H19F3N2O3. The molecule has 1 atom stereocenters. The molecule has 34 heavy (non-hydrogen) atoms. The molecule has 0 fully saturated rings. The number of hydrogen-bond donors (Lipinski definition) is 0. The minimum atomic E-state index is -4.58. The number of amides is 3. The predicted molar refractivity (Wildman–Crippen MR) is 117 cm³/mol. The Balaban J connectivity index is 1.51. The minimum absolute atomic E-state index is 0.0892. The van der Waals surface area contributed by atoms with Crippen molar-refractivity contribution in [3.8, 4) is 0 Å². The van der Waals surface area contributed by atoms with Gasteiger partial charge >= 0.3 is 6.18 Å². The Morgan fingerprint density at radius 2 is 1.53 bits per heavy atom. The third-order valence-electron chi connectivity index (χ3n) is 6.34. The van der Waals surface area contributed by atoms with E-state index in [1.807, 2.05) is 18.2 Å². The number of nitrogens with zero attached hydrogens (tertiary/aromatic N) is 2. The summed E-state index contributed by atoms with van der Waals surface area (Å²) < 4.78 is 39.7. The molecule has 5 rings (SSSR count). The molecule has 1 unspecified atom stereocenters. The molecule has 0 saturated carbocycles. The first-order valence-corrected chi connectivity index (χ1v) is 10.8. The molecule has 8 heteroatoms. The van der Waals surface area contributed by atoms with Gasteiger partial charge in [-0.25, -0.2) is 0 Å². The highest BCUT2D eigenvalue weighted by Crippen LogP contribution is 2.35. The molecule has 5 nitrogen and oxygen atoms in total. The van der Waals surface area contributed by atoms with Crippen LogP contribution in [0.1, 0.15) is 53.8 Å². The van der Waals surface area contributed by atoms with Gasteiger partial charge in [0.25, 0.3) is 17.7 Å². The summed E-state index contributed by atoms with van der Waals surface area (Å²) in [7, 11) is 0. The van der Waals surface area contributed by atoms with E-state index in [9.17, 15) is 27.6 Å². The molecule has 3 aromatic rings. The number of halogens is 3. The lowest BCUT2D eigenvalue weighted by molar-refractivity contribution is -0.137. The van der Waals surface area contributed by atoms with E-state index in [0.717, 1.165) is 28.2 Å². The Morgan fingerprint density at radius 3 is 2.21 bits per heavy atom. The van der Waals surface area contributed by atoms with Crippen molar-refractivity contribution in [3.05, 3.63) is 106 Å². The first-order valence-electron chi connectivity index (χ1n) is 10.8. The molecule has 172 valence electrons. The van der Waals surface area contributed by atoms with E-state index in [-0.39, 0.29) is 18.7 Å². The Bertz CT molecular complexity index is 1280. The summed E-state index contributed by atoms with van der Waals surface area (Å²) in [6, 6.07) is 17.5. The second-order valence-corrected chi connectivity index (χ2v) is 8.31. The van der Waals surface area contributed by atoms with E-state index in [1.54, 1.807) is 30.3 Å². The third kappa shape index (κ3) is 3.65. The Morgan fingerprint density at radius 1 is 0.882 bits per heavy atom. The summed E-state index contributed by atoms with van der Waals surface area (Å²) >= 11 is 0. The molecule has 0 N–H and O–H groups in total. The zero-order chi connectivity index (χ0) is 24.0. The van der Waals surface area contributed by atoms with Crippen LogP contribution in [0.3, 0.4) is 0 Å². The van der Waals surface area contributed by atoms with Crippen LogP contribution in [0.2, 0.25) is 0 Å². The molecule has 2 aliphatic rings. The van der Waals surface area contributed by atoms with Gasteiger partial charge in [-0.3, -0.25) is 19.3 Å². The summed E-state index contributed by atoms with van der Waals surface area (Å²) in [5.74, 6) is -1.48. The monoisotopic (exact) mass is 464 g/mol. The van der Waals surface area contributed by atoms with Crippen molar-refractivity contribution in [2.45, 2.75) is 18.6 Å². The van der Waals surface area contributed by atoms with E-state index in [0.29, 0.717) is 17.5 Å². The summed E-state index contributed by atoms with van der Waals surface area (Å²) in [6.07, 6.45) is -4.07. The largest absolute Gasteiger partial charge is 0.416 e. The van der Waals surface area contributed by atoms with E-state index >= 15 is 0 Å². The molecule has 0 aromatic heterocycles. The number of carbonyl (C=O) groups excluding carboxylic acids is 3. The number of rotatable bonds is 3. The predicted octanol–water partition coefficient (Wildman–Crippen LogP) is 4.74. The molecule has 0 bridgehead atoms. The quantitative estimate of drug-likeness (QED) is 0.526. The second-order valence-electron chi connectivity index (χ2n) is 8.31. The van der Waals surface area contributed by atoms with Crippen LogP contribution in [0.5, 0.6) is 0 Å². The van der Waals surface area contributed by atoms with Crippen molar-refractivity contribution in [3.63, 3.8) is 0 Å². The Labute approximate surface area is 193 Å². The van der Waals surface area contributed by atoms with Crippen LogP contribution in [-0.2, 0) is 12.6 Å². The van der Waals surface area contributed by atoms with Gasteiger partial charge in [0.15, 0.2) is 0 Å². The number of hydrogen-bond acceptors (Lipinski definition) is 3. The maximum absolute atomic E-state index is 13.4. The topological polar surface area (TPSA) is 57.7 Å². The first kappa shape index (κ1) is 21.9. The van der Waals surface area contributed by atoms with Crippen molar-refractivity contribution in [1.82, 2.24) is 9.80 Å². The number of carbonyl (C=O) groups is 3. The Hall–Kier alpha value is -3.94. The zero-order valence-electron chi connectivity index (χ0n) is 17.9. The van der Waals surface area contributed by atoms with E-state index in [2.05, 4.69) is 0 Å². The van der Waals surface area contributed by atoms with Crippen LogP contribution < -0.4 is 0 Å². The molecule has 2 heterocycles. The van der Waals surface area contributed by atoms with Crippen LogP contribution >= 0.6 is 0 Å². The van der Waals surface area contributed by atoms with Crippen LogP contribution in [0.15, 0.2) is 72.8 Å². The minimum Gasteiger partial charge on any atom is -0.329 e. The SMILES string of the molecule is O=C1c2ccccc2C(=O)N1CC1c2ccccc2CCN1C(=O)c1cccc(C(F)(F)F)c1. The van der Waals surface area contributed by atoms with Crippen molar-refractivity contribution in [2.75, 3.05) is 13.1 Å². The van der Waals surface area contributed by atoms with Crippen molar-refractivity contribution in [2.24, 2.45) is 0 Å². The molecule has 3 aromatic carbocycles. The van der Waals surface area contributed by atoms with Gasteiger partial charge in [0.2, 0.25) is 0 Å². The van der Waals surface area contributed by atoms with Crippen LogP contribution in [0.25, 0.3) is 0 Å². The number of fused-ring (bicyclic) bond motifs is 2. The maximum Gasteiger partial charge on any atom is 0.416 e. The lowest BCUT2D eigenvalue weighted by Crippen LogP contribution is -2.46. The summed E-state index contributed by atoms with van der Waals surface area (Å²) in [5.41, 5.74) is 1.33. The first-order chi connectivity index (χ1) is 16.3. The van der Waals surface area contributed by atoms with E-state index < -0.39 is 35.5 Å². The normalized spacial score (nSPS) is 17.6. The highest BCUT2D eigenvalue weighted by atomic mass is 19.4. The van der Waals surface area contributed by atoms with Crippen molar-refractivity contribution >= 4 is 17.7 Å². The van der Waals surface area contributed by atoms with Gasteiger partial charge in [-0.2, -0.15) is 13.2 Å². The maximum atomic E-state index is 13.4. The second kappa shape index (κ2) is 8.13. The van der Waals surface area contributed by atoms with Crippen LogP contribution in [0.4, 0.5) is 13.2 Å². The van der Waals surface area contributed by atoms with Gasteiger partial charge in [-0.15, -0.1) is 0 Å². The summed E-state index contributed by atoms with van der Waals surface area (Å²) in [5, 5.41) is 0. The van der Waals surface area contributed by atoms with Crippen LogP contribution in [-0.4, -0.2) is 40.6 Å². The fraction of sp³-hybridized carbons (Fsp3) is 0.192.